The van der Waals surface area contributed by atoms with Gasteiger partial charge in [-0.05, 0) is 24.3 Å². The van der Waals surface area contributed by atoms with Crippen molar-refractivity contribution in [3.63, 3.8) is 0 Å². The summed E-state index contributed by atoms with van der Waals surface area (Å²) < 4.78 is 16.3. The first-order valence-corrected chi connectivity index (χ1v) is 5.09. The van der Waals surface area contributed by atoms with E-state index in [2.05, 4.69) is 14.9 Å². The van der Waals surface area contributed by atoms with Crippen LogP contribution in [0.2, 0.25) is 0 Å². The molecule has 3 N–H and O–H groups in total. The van der Waals surface area contributed by atoms with E-state index in [0.29, 0.717) is 10.7 Å². The minimum atomic E-state index is -0.654. The molecule has 2 rings (SSSR count). The Labute approximate surface area is 94.3 Å². The number of halogens is 1. The Hall–Kier alpha value is -2.02. The lowest BCUT2D eigenvalue weighted by Crippen LogP contribution is -2.13. The van der Waals surface area contributed by atoms with Crippen LogP contribution in [0.3, 0.4) is 0 Å². The average molecular weight is 238 g/mol. The van der Waals surface area contributed by atoms with Crippen LogP contribution in [0, 0.1) is 5.82 Å². The van der Waals surface area contributed by atoms with Crippen LogP contribution in [0.4, 0.5) is 15.1 Å². The lowest BCUT2D eigenvalue weighted by atomic mass is 10.3. The van der Waals surface area contributed by atoms with Crippen molar-refractivity contribution in [3.8, 4) is 0 Å². The highest BCUT2D eigenvalue weighted by atomic mass is 32.1. The first kappa shape index (κ1) is 10.5. The van der Waals surface area contributed by atoms with Crippen LogP contribution >= 0.6 is 11.5 Å². The number of rotatable bonds is 3. The van der Waals surface area contributed by atoms with Gasteiger partial charge >= 0.3 is 0 Å². The van der Waals surface area contributed by atoms with E-state index in [1.165, 1.54) is 12.1 Å². The molecule has 1 aromatic carbocycles. The zero-order valence-corrected chi connectivity index (χ0v) is 8.79. The summed E-state index contributed by atoms with van der Waals surface area (Å²) in [5.41, 5.74) is 5.81. The fourth-order valence-corrected chi connectivity index (χ4v) is 1.69. The topological polar surface area (TPSA) is 80.9 Å². The number of nitrogens with zero attached hydrogens (tertiary/aromatic N) is 2. The summed E-state index contributed by atoms with van der Waals surface area (Å²) in [6.45, 7) is 0. The van der Waals surface area contributed by atoms with E-state index in [1.54, 1.807) is 12.1 Å². The van der Waals surface area contributed by atoms with Gasteiger partial charge in [-0.15, -0.1) is 5.10 Å². The van der Waals surface area contributed by atoms with Gasteiger partial charge in [0, 0.05) is 17.2 Å². The van der Waals surface area contributed by atoms with Gasteiger partial charge in [0.2, 0.25) is 0 Å². The third-order valence-electron chi connectivity index (χ3n) is 1.82. The molecule has 7 heteroatoms. The molecule has 1 aromatic heterocycles. The van der Waals surface area contributed by atoms with Crippen molar-refractivity contribution >= 4 is 28.1 Å². The zero-order valence-electron chi connectivity index (χ0n) is 7.98. The number of carbonyl (C=O) groups is 1. The van der Waals surface area contributed by atoms with Crippen LogP contribution in [0.15, 0.2) is 24.3 Å². The zero-order chi connectivity index (χ0) is 11.5. The van der Waals surface area contributed by atoms with Crippen molar-refractivity contribution < 1.29 is 9.18 Å². The van der Waals surface area contributed by atoms with Crippen LogP contribution in [-0.4, -0.2) is 15.5 Å². The molecule has 0 spiro atoms. The summed E-state index contributed by atoms with van der Waals surface area (Å²) in [6, 6.07) is 5.70. The van der Waals surface area contributed by atoms with Crippen molar-refractivity contribution in [3.05, 3.63) is 35.8 Å². The molecule has 0 aliphatic rings. The molecule has 0 bridgehead atoms. The number of amides is 1. The molecule has 0 aliphatic carbocycles. The fraction of sp³-hybridized carbons (Fsp3) is 0. The first-order valence-electron chi connectivity index (χ1n) is 4.31. The Morgan fingerprint density at radius 3 is 2.69 bits per heavy atom. The number of hydrogen-bond donors (Lipinski definition) is 2. The van der Waals surface area contributed by atoms with Crippen LogP contribution in [-0.2, 0) is 0 Å². The van der Waals surface area contributed by atoms with Crippen molar-refractivity contribution in [1.29, 1.82) is 0 Å². The molecule has 0 atom stereocenters. The van der Waals surface area contributed by atoms with Crippen molar-refractivity contribution in [2.75, 3.05) is 5.32 Å². The van der Waals surface area contributed by atoms with Gasteiger partial charge in [0.15, 0.2) is 5.69 Å². The maximum absolute atomic E-state index is 12.6. The highest BCUT2D eigenvalue weighted by Crippen LogP contribution is 2.22. The number of primary amides is 1. The van der Waals surface area contributed by atoms with Crippen LogP contribution in [0.25, 0.3) is 0 Å². The van der Waals surface area contributed by atoms with E-state index in [1.807, 2.05) is 0 Å². The van der Waals surface area contributed by atoms with Gasteiger partial charge in [0.05, 0.1) is 0 Å². The normalized spacial score (nSPS) is 10.1. The molecular weight excluding hydrogens is 231 g/mol. The lowest BCUT2D eigenvalue weighted by molar-refractivity contribution is 0.0996. The summed E-state index contributed by atoms with van der Waals surface area (Å²) in [5, 5.41) is 6.92. The molecule has 0 radical (unpaired) electrons. The molecule has 0 saturated heterocycles. The van der Waals surface area contributed by atoms with E-state index in [9.17, 15) is 9.18 Å². The highest BCUT2D eigenvalue weighted by Gasteiger charge is 2.13. The standard InChI is InChI=1S/C9H7FN4OS/c10-5-1-3-6(4-2-5)12-9-7(8(11)15)13-14-16-9/h1-4,12H,(H2,11,15). The molecule has 82 valence electrons. The fourth-order valence-electron chi connectivity index (χ4n) is 1.10. The third kappa shape index (κ3) is 2.14. The monoisotopic (exact) mass is 238 g/mol. The Balaban J connectivity index is 2.23. The average Bonchev–Trinajstić information content (AvgIpc) is 2.69. The summed E-state index contributed by atoms with van der Waals surface area (Å²) in [6.07, 6.45) is 0. The first-order chi connectivity index (χ1) is 7.66. The number of hydrogen-bond acceptors (Lipinski definition) is 5. The van der Waals surface area contributed by atoms with E-state index < -0.39 is 5.91 Å². The van der Waals surface area contributed by atoms with E-state index >= 15 is 0 Å². The molecular formula is C9H7FN4OS. The maximum atomic E-state index is 12.6. The molecule has 1 heterocycles. The number of anilines is 2. The second kappa shape index (κ2) is 4.23. The van der Waals surface area contributed by atoms with Gasteiger partial charge in [-0.2, -0.15) is 0 Å². The molecule has 0 unspecified atom stereocenters. The Bertz CT molecular complexity index is 510. The minimum Gasteiger partial charge on any atom is -0.364 e. The molecule has 0 aliphatic heterocycles. The van der Waals surface area contributed by atoms with Gasteiger partial charge in [-0.3, -0.25) is 4.79 Å². The van der Waals surface area contributed by atoms with Gasteiger partial charge in [-0.25, -0.2) is 4.39 Å². The second-order valence-electron chi connectivity index (χ2n) is 2.95. The van der Waals surface area contributed by atoms with Crippen molar-refractivity contribution in [2.45, 2.75) is 0 Å². The second-order valence-corrected chi connectivity index (χ2v) is 3.70. The van der Waals surface area contributed by atoms with E-state index in [4.69, 9.17) is 5.73 Å². The SMILES string of the molecule is NC(=O)c1nnsc1Nc1ccc(F)cc1. The molecule has 16 heavy (non-hydrogen) atoms. The minimum absolute atomic E-state index is 0.0781. The number of nitrogens with one attached hydrogen (secondary N) is 1. The summed E-state index contributed by atoms with van der Waals surface area (Å²) in [7, 11) is 0. The van der Waals surface area contributed by atoms with Gasteiger partial charge < -0.3 is 11.1 Å². The predicted molar refractivity (Wildman–Crippen MR) is 58.1 cm³/mol. The molecule has 2 aromatic rings. The van der Waals surface area contributed by atoms with E-state index in [0.717, 1.165) is 11.5 Å². The quantitative estimate of drug-likeness (QED) is 0.849. The Kier molecular flexibility index (Phi) is 2.78. The summed E-state index contributed by atoms with van der Waals surface area (Å²) in [5.74, 6) is -0.985. The molecule has 1 amide bonds. The number of benzene rings is 1. The lowest BCUT2D eigenvalue weighted by Gasteiger charge is -2.02. The Morgan fingerprint density at radius 1 is 1.38 bits per heavy atom. The predicted octanol–water partition coefficient (Wildman–Crippen LogP) is 1.52. The van der Waals surface area contributed by atoms with Crippen LogP contribution < -0.4 is 11.1 Å². The summed E-state index contributed by atoms with van der Waals surface area (Å²) >= 11 is 1.01. The Morgan fingerprint density at radius 2 is 2.06 bits per heavy atom. The van der Waals surface area contributed by atoms with Gasteiger partial charge in [0.1, 0.15) is 10.8 Å². The maximum Gasteiger partial charge on any atom is 0.272 e. The largest absolute Gasteiger partial charge is 0.364 e. The third-order valence-corrected chi connectivity index (χ3v) is 2.46. The molecule has 0 fully saturated rings. The highest BCUT2D eigenvalue weighted by molar-refractivity contribution is 7.10. The van der Waals surface area contributed by atoms with Crippen LogP contribution in [0.5, 0.6) is 0 Å². The summed E-state index contributed by atoms with van der Waals surface area (Å²) in [4.78, 5) is 11.0. The van der Waals surface area contributed by atoms with Gasteiger partial charge in [0.25, 0.3) is 5.91 Å². The van der Waals surface area contributed by atoms with E-state index in [-0.39, 0.29) is 11.5 Å². The number of nitrogens with two attached hydrogens (primary N) is 1. The molecule has 0 saturated carbocycles. The van der Waals surface area contributed by atoms with Crippen LogP contribution in [0.1, 0.15) is 10.5 Å². The number of aromatic nitrogens is 2. The van der Waals surface area contributed by atoms with Crippen molar-refractivity contribution in [2.24, 2.45) is 5.73 Å². The smallest absolute Gasteiger partial charge is 0.272 e. The number of carbonyl (C=O) groups excluding carboxylic acids is 1. The van der Waals surface area contributed by atoms with Gasteiger partial charge in [-0.1, -0.05) is 4.49 Å². The van der Waals surface area contributed by atoms with Crippen molar-refractivity contribution in [1.82, 2.24) is 9.59 Å². The molecule has 5 nitrogen and oxygen atoms in total.